The molecule has 3 aromatic carbocycles. The van der Waals surface area contributed by atoms with Crippen LogP contribution >= 0.6 is 22.9 Å². The van der Waals surface area contributed by atoms with Crippen molar-refractivity contribution in [2.45, 2.75) is 23.1 Å². The van der Waals surface area contributed by atoms with Gasteiger partial charge in [-0.05, 0) is 60.5 Å². The Labute approximate surface area is 221 Å². The topological polar surface area (TPSA) is 106 Å². The van der Waals surface area contributed by atoms with E-state index in [1.54, 1.807) is 37.3 Å². The zero-order valence-electron chi connectivity index (χ0n) is 19.4. The van der Waals surface area contributed by atoms with E-state index in [0.717, 1.165) is 22.3 Å². The van der Waals surface area contributed by atoms with Crippen LogP contribution in [-0.2, 0) is 16.3 Å². The zero-order chi connectivity index (χ0) is 26.2. The molecule has 2 aromatic heterocycles. The standard InChI is InChI=1S/C27H19ClN2O5S2/c1-16-24(37(33,34)20-11-9-18(28)10-12-20)15-36-25(16)27(32)35-19-6-4-5-17(13-19)14-23-21-7-2-3-8-22(21)26(31)30-29-23/h2-13,15H,14H2,1H3,(H,30,31). The van der Waals surface area contributed by atoms with Gasteiger partial charge in [0.1, 0.15) is 10.6 Å². The molecule has 0 spiro atoms. The first-order chi connectivity index (χ1) is 17.7. The second kappa shape index (κ2) is 9.93. The van der Waals surface area contributed by atoms with Crippen molar-refractivity contribution in [3.8, 4) is 5.75 Å². The van der Waals surface area contributed by atoms with Gasteiger partial charge in [-0.1, -0.05) is 41.9 Å². The number of aromatic nitrogens is 2. The molecular formula is C27H19ClN2O5S2. The summed E-state index contributed by atoms with van der Waals surface area (Å²) in [5.74, 6) is -0.337. The number of nitrogens with zero attached hydrogens (tertiary/aromatic N) is 1. The maximum absolute atomic E-state index is 13.1. The molecule has 0 atom stereocenters. The molecule has 0 unspecified atom stereocenters. The summed E-state index contributed by atoms with van der Waals surface area (Å²) in [6, 6.07) is 20.1. The van der Waals surface area contributed by atoms with Gasteiger partial charge in [0.15, 0.2) is 0 Å². The zero-order valence-corrected chi connectivity index (χ0v) is 21.8. The molecule has 0 aliphatic rings. The van der Waals surface area contributed by atoms with E-state index in [-0.39, 0.29) is 20.2 Å². The lowest BCUT2D eigenvalue weighted by Gasteiger charge is -2.08. The fourth-order valence-electron chi connectivity index (χ4n) is 3.98. The maximum atomic E-state index is 13.1. The molecule has 37 heavy (non-hydrogen) atoms. The van der Waals surface area contributed by atoms with E-state index in [0.29, 0.717) is 33.8 Å². The number of rotatable bonds is 6. The third-order valence-corrected chi connectivity index (χ3v) is 9.21. The molecular weight excluding hydrogens is 532 g/mol. The molecule has 0 aliphatic carbocycles. The third-order valence-electron chi connectivity index (χ3n) is 5.85. The van der Waals surface area contributed by atoms with E-state index in [1.165, 1.54) is 29.6 Å². The monoisotopic (exact) mass is 550 g/mol. The number of H-pyrrole nitrogens is 1. The number of benzene rings is 3. The van der Waals surface area contributed by atoms with Crippen LogP contribution in [0.25, 0.3) is 10.8 Å². The molecule has 186 valence electrons. The number of sulfone groups is 1. The van der Waals surface area contributed by atoms with Crippen LogP contribution in [0.1, 0.15) is 26.5 Å². The van der Waals surface area contributed by atoms with Crippen molar-refractivity contribution < 1.29 is 17.9 Å². The van der Waals surface area contributed by atoms with E-state index in [2.05, 4.69) is 10.2 Å². The highest BCUT2D eigenvalue weighted by atomic mass is 35.5. The lowest BCUT2D eigenvalue weighted by Crippen LogP contribution is -2.11. The lowest BCUT2D eigenvalue weighted by atomic mass is 10.0. The number of ether oxygens (including phenoxy) is 1. The summed E-state index contributed by atoms with van der Waals surface area (Å²) >= 11 is 6.89. The van der Waals surface area contributed by atoms with Crippen molar-refractivity contribution in [2.75, 3.05) is 0 Å². The number of hydrogen-bond acceptors (Lipinski definition) is 7. The average Bonchev–Trinajstić information content (AvgIpc) is 3.29. The molecule has 0 aliphatic heterocycles. The number of thiophene rings is 1. The third kappa shape index (κ3) is 4.93. The first-order valence-corrected chi connectivity index (χ1v) is 13.8. The first kappa shape index (κ1) is 24.9. The minimum Gasteiger partial charge on any atom is -0.422 e. The van der Waals surface area contributed by atoms with Gasteiger partial charge in [-0.2, -0.15) is 5.10 Å². The Morgan fingerprint density at radius 2 is 1.76 bits per heavy atom. The van der Waals surface area contributed by atoms with Gasteiger partial charge in [0, 0.05) is 22.2 Å². The highest BCUT2D eigenvalue weighted by molar-refractivity contribution is 7.91. The van der Waals surface area contributed by atoms with Crippen LogP contribution in [0.2, 0.25) is 5.02 Å². The number of carbonyl (C=O) groups excluding carboxylic acids is 1. The summed E-state index contributed by atoms with van der Waals surface area (Å²) in [4.78, 5) is 25.4. The predicted molar refractivity (Wildman–Crippen MR) is 143 cm³/mol. The summed E-state index contributed by atoms with van der Waals surface area (Å²) in [6.45, 7) is 1.58. The molecule has 1 N–H and O–H groups in total. The molecule has 5 rings (SSSR count). The number of hydrogen-bond donors (Lipinski definition) is 1. The molecule has 7 nitrogen and oxygen atoms in total. The van der Waals surface area contributed by atoms with Gasteiger partial charge in [0.2, 0.25) is 9.84 Å². The van der Waals surface area contributed by atoms with Gasteiger partial charge in [-0.3, -0.25) is 4.79 Å². The Morgan fingerprint density at radius 3 is 2.51 bits per heavy atom. The van der Waals surface area contributed by atoms with Crippen LogP contribution in [0.15, 0.2) is 92.8 Å². The number of nitrogens with one attached hydrogen (secondary N) is 1. The Balaban J connectivity index is 1.38. The van der Waals surface area contributed by atoms with E-state index in [4.69, 9.17) is 16.3 Å². The molecule has 2 heterocycles. The molecule has 0 fully saturated rings. The highest BCUT2D eigenvalue weighted by Crippen LogP contribution is 2.32. The lowest BCUT2D eigenvalue weighted by molar-refractivity contribution is 0.0739. The highest BCUT2D eigenvalue weighted by Gasteiger charge is 2.26. The van der Waals surface area contributed by atoms with Crippen LogP contribution in [0.5, 0.6) is 5.75 Å². The van der Waals surface area contributed by atoms with Crippen molar-refractivity contribution in [1.82, 2.24) is 10.2 Å². The fourth-order valence-corrected chi connectivity index (χ4v) is 6.90. The van der Waals surface area contributed by atoms with Crippen molar-refractivity contribution in [2.24, 2.45) is 0 Å². The fraction of sp³-hybridized carbons (Fsp3) is 0.0741. The van der Waals surface area contributed by atoms with Crippen LogP contribution in [0, 0.1) is 6.92 Å². The van der Waals surface area contributed by atoms with Crippen LogP contribution in [-0.4, -0.2) is 24.6 Å². The van der Waals surface area contributed by atoms with E-state index < -0.39 is 15.8 Å². The maximum Gasteiger partial charge on any atom is 0.354 e. The van der Waals surface area contributed by atoms with Crippen LogP contribution in [0.4, 0.5) is 0 Å². The summed E-state index contributed by atoms with van der Waals surface area (Å²) in [6.07, 6.45) is 0.407. The average molecular weight is 551 g/mol. The molecule has 0 saturated carbocycles. The molecule has 0 bridgehead atoms. The minimum atomic E-state index is -3.82. The van der Waals surface area contributed by atoms with Crippen LogP contribution in [0.3, 0.4) is 0 Å². The van der Waals surface area contributed by atoms with Gasteiger partial charge in [0.05, 0.1) is 20.9 Å². The van der Waals surface area contributed by atoms with Gasteiger partial charge < -0.3 is 4.74 Å². The number of esters is 1. The normalized spacial score (nSPS) is 11.5. The van der Waals surface area contributed by atoms with E-state index in [9.17, 15) is 18.0 Å². The van der Waals surface area contributed by atoms with Crippen molar-refractivity contribution in [1.29, 1.82) is 0 Å². The summed E-state index contributed by atoms with van der Waals surface area (Å²) in [5.41, 5.74) is 1.57. The Hall–Kier alpha value is -3.79. The Kier molecular flexibility index (Phi) is 6.68. The second-order valence-electron chi connectivity index (χ2n) is 8.27. The quantitative estimate of drug-likeness (QED) is 0.218. The van der Waals surface area contributed by atoms with Gasteiger partial charge >= 0.3 is 5.97 Å². The largest absolute Gasteiger partial charge is 0.422 e. The molecule has 0 radical (unpaired) electrons. The summed E-state index contributed by atoms with van der Waals surface area (Å²) < 4.78 is 31.7. The Bertz CT molecular complexity index is 1810. The van der Waals surface area contributed by atoms with Crippen molar-refractivity contribution >= 4 is 49.5 Å². The molecule has 0 saturated heterocycles. The summed E-state index contributed by atoms with van der Waals surface area (Å²) in [7, 11) is -3.82. The van der Waals surface area contributed by atoms with Crippen molar-refractivity contribution in [3.05, 3.63) is 115 Å². The van der Waals surface area contributed by atoms with Crippen LogP contribution < -0.4 is 10.3 Å². The minimum absolute atomic E-state index is 0.0524. The van der Waals surface area contributed by atoms with E-state index in [1.807, 2.05) is 18.2 Å². The first-order valence-electron chi connectivity index (χ1n) is 11.1. The van der Waals surface area contributed by atoms with Gasteiger partial charge in [0.25, 0.3) is 5.56 Å². The summed E-state index contributed by atoms with van der Waals surface area (Å²) in [5, 5.41) is 9.89. The molecule has 5 aromatic rings. The number of aromatic amines is 1. The van der Waals surface area contributed by atoms with E-state index >= 15 is 0 Å². The Morgan fingerprint density at radius 1 is 1.03 bits per heavy atom. The number of halogens is 1. The van der Waals surface area contributed by atoms with Gasteiger partial charge in [-0.15, -0.1) is 11.3 Å². The van der Waals surface area contributed by atoms with Gasteiger partial charge in [-0.25, -0.2) is 18.3 Å². The number of carbonyl (C=O) groups is 1. The SMILES string of the molecule is Cc1c(S(=O)(=O)c2ccc(Cl)cc2)csc1C(=O)Oc1cccc(Cc2n[nH]c(=O)c3ccccc23)c1. The smallest absolute Gasteiger partial charge is 0.354 e. The molecule has 0 amide bonds. The number of fused-ring (bicyclic) bond motifs is 1. The predicted octanol–water partition coefficient (Wildman–Crippen LogP) is 5.59. The molecule has 10 heteroatoms. The second-order valence-corrected chi connectivity index (χ2v) is 11.5. The van der Waals surface area contributed by atoms with Crippen molar-refractivity contribution in [3.63, 3.8) is 0 Å².